The Morgan fingerprint density at radius 3 is 2.09 bits per heavy atom. The maximum atomic E-state index is 14.3. The van der Waals surface area contributed by atoms with Crippen LogP contribution in [0.5, 0.6) is 5.75 Å². The molecule has 0 radical (unpaired) electrons. The van der Waals surface area contributed by atoms with E-state index in [1.165, 1.54) is 4.90 Å². The Bertz CT molecular complexity index is 2740. The number of halogens is 1. The molecule has 8 rings (SSSR count). The molecule has 2 aromatic heterocycles. The van der Waals surface area contributed by atoms with Crippen LogP contribution in [0, 0.1) is 34.5 Å². The number of aryl methyl sites for hydroxylation is 1. The molecular formula is C58H79ClN12O6. The molecule has 0 spiro atoms. The van der Waals surface area contributed by atoms with Gasteiger partial charge in [-0.2, -0.15) is 5.26 Å². The van der Waals surface area contributed by atoms with Crippen molar-refractivity contribution in [2.24, 2.45) is 16.2 Å². The highest BCUT2D eigenvalue weighted by Crippen LogP contribution is 2.55. The van der Waals surface area contributed by atoms with Crippen molar-refractivity contribution < 1.29 is 29.0 Å². The predicted octanol–water partition coefficient (Wildman–Crippen LogP) is 5.81. The van der Waals surface area contributed by atoms with E-state index in [2.05, 4.69) is 79.3 Å². The number of ether oxygens (including phenoxy) is 1. The second-order valence-electron chi connectivity index (χ2n) is 23.8. The van der Waals surface area contributed by atoms with Crippen molar-refractivity contribution in [3.8, 4) is 23.1 Å². The Morgan fingerprint density at radius 1 is 0.883 bits per heavy atom. The number of benzene rings is 2. The number of unbranched alkanes of at least 4 members (excludes halogenated alkanes) is 1. The average Bonchev–Trinajstić information content (AvgIpc) is 4.21. The van der Waals surface area contributed by atoms with Crippen molar-refractivity contribution in [1.82, 2.24) is 50.5 Å². The van der Waals surface area contributed by atoms with Gasteiger partial charge in [0.05, 0.1) is 52.6 Å². The Morgan fingerprint density at radius 2 is 1.52 bits per heavy atom. The lowest BCUT2D eigenvalue weighted by Gasteiger charge is -2.63. The number of imidazole rings is 1. The van der Waals surface area contributed by atoms with E-state index in [4.69, 9.17) is 21.3 Å². The van der Waals surface area contributed by atoms with Gasteiger partial charge in [-0.15, -0.1) is 0 Å². The van der Waals surface area contributed by atoms with Crippen LogP contribution < -0.4 is 25.6 Å². The molecule has 4 aliphatic rings. The van der Waals surface area contributed by atoms with Crippen molar-refractivity contribution >= 4 is 41.0 Å². The number of amides is 4. The number of aliphatic hydroxyl groups excluding tert-OH is 1. The third-order valence-corrected chi connectivity index (χ3v) is 16.6. The molecule has 19 heteroatoms. The topological polar surface area (TPSA) is 215 Å². The number of H-pyrrole nitrogens is 1. The first kappa shape index (κ1) is 57.1. The number of pyridine rings is 1. The Hall–Kier alpha value is -6.10. The normalized spacial score (nSPS) is 22.6. The van der Waals surface area contributed by atoms with E-state index in [-0.39, 0.29) is 72.2 Å². The number of nitrogens with zero attached hydrogens (tertiary/aromatic N) is 8. The summed E-state index contributed by atoms with van der Waals surface area (Å²) >= 11 is 6.27. The largest absolute Gasteiger partial charge is 0.489 e. The maximum absolute atomic E-state index is 14.3. The molecule has 18 nitrogen and oxygen atoms in total. The van der Waals surface area contributed by atoms with Crippen LogP contribution in [-0.2, 0) is 14.4 Å². The number of hydrogen-bond acceptors (Lipinski definition) is 13. The molecule has 5 heterocycles. The number of piperazine rings is 2. The summed E-state index contributed by atoms with van der Waals surface area (Å²) in [6, 6.07) is 16.6. The number of carbonyl (C=O) groups excluding carboxylic acids is 4. The molecule has 2 aromatic carbocycles. The summed E-state index contributed by atoms with van der Waals surface area (Å²) < 4.78 is 6.39. The van der Waals surface area contributed by atoms with Gasteiger partial charge in [-0.05, 0) is 80.6 Å². The van der Waals surface area contributed by atoms with E-state index in [0.717, 1.165) is 107 Å². The molecule has 4 amide bonds. The lowest BCUT2D eigenvalue weighted by Crippen LogP contribution is -2.74. The van der Waals surface area contributed by atoms with Gasteiger partial charge in [0.15, 0.2) is 0 Å². The molecule has 4 fully saturated rings. The first-order chi connectivity index (χ1) is 36.5. The SMILES string of the molecule is Cc1nc[nH]c1-c1ccc([C@H](C)NC(=O)C2C[C@@H](O)CN2C(=O)C(NC(=O)CN2CCN(CCCCN3CCN(c4ccc(C(=O)N[C@H]5C(C)(C)[C@H](Oc6ccc(C#N)c(Cl)c6)C5(C)C)cn4)CC3)CC2)C(C)(C)C)cc1. The summed E-state index contributed by atoms with van der Waals surface area (Å²) in [7, 11) is 0. The van der Waals surface area contributed by atoms with Crippen molar-refractivity contribution in [3.63, 3.8) is 0 Å². The fraction of sp³-hybridized carbons (Fsp3) is 0.569. The van der Waals surface area contributed by atoms with Gasteiger partial charge in [-0.1, -0.05) is 84.3 Å². The Kier molecular flexibility index (Phi) is 17.7. The standard InChI is InChI=1S/C58H79ClN12O6/c1-37(39-12-14-40(15-13-39)49-38(2)62-36-63-49)64-52(75)46-30-43(72)34-71(46)53(76)50(56(3,4)5)65-48(73)35-69-24-22-67(23-25-69)20-10-11-21-68-26-28-70(29-27-68)47-19-17-42(33-61-47)51(74)66-54-57(6,7)55(58(54,8)9)77-44-18-16-41(32-60)45(59)31-44/h12-19,31,33,36-37,43,46,50,54-55,72H,10-11,20-30,34-35H2,1-9H3,(H,62,63)(H,64,75)(H,65,73)(H,66,74)/t37-,43+,46?,50?,54-,55-/m0/s1. The minimum atomic E-state index is -0.890. The van der Waals surface area contributed by atoms with E-state index >= 15 is 0 Å². The molecule has 4 aromatic rings. The van der Waals surface area contributed by atoms with E-state index in [0.29, 0.717) is 21.9 Å². The van der Waals surface area contributed by atoms with E-state index in [9.17, 15) is 29.5 Å². The number of likely N-dealkylation sites (tertiary alicyclic amines) is 1. The van der Waals surface area contributed by atoms with Crippen LogP contribution in [0.3, 0.4) is 0 Å². The van der Waals surface area contributed by atoms with E-state index in [1.807, 2.05) is 71.0 Å². The molecule has 3 saturated heterocycles. The van der Waals surface area contributed by atoms with Crippen molar-refractivity contribution in [2.75, 3.05) is 83.4 Å². The number of β-amino-alcohol motifs (C(OH)–C–C–N with tert-alkyl or cyclic N) is 1. The van der Waals surface area contributed by atoms with Crippen LogP contribution in [0.4, 0.5) is 5.82 Å². The number of rotatable bonds is 18. The van der Waals surface area contributed by atoms with Gasteiger partial charge in [-0.3, -0.25) is 29.0 Å². The molecule has 414 valence electrons. The van der Waals surface area contributed by atoms with Crippen LogP contribution in [0.15, 0.2) is 67.1 Å². The lowest BCUT2D eigenvalue weighted by atomic mass is 9.49. The van der Waals surface area contributed by atoms with Gasteiger partial charge < -0.3 is 45.5 Å². The van der Waals surface area contributed by atoms with E-state index < -0.39 is 23.6 Å². The molecule has 1 aliphatic carbocycles. The predicted molar refractivity (Wildman–Crippen MR) is 297 cm³/mol. The van der Waals surface area contributed by atoms with Gasteiger partial charge >= 0.3 is 0 Å². The van der Waals surface area contributed by atoms with E-state index in [1.54, 1.807) is 30.7 Å². The van der Waals surface area contributed by atoms with Gasteiger partial charge in [0.1, 0.15) is 35.8 Å². The summed E-state index contributed by atoms with van der Waals surface area (Å²) in [6.07, 6.45) is 4.57. The fourth-order valence-corrected chi connectivity index (χ4v) is 12.3. The van der Waals surface area contributed by atoms with Gasteiger partial charge in [-0.25, -0.2) is 9.97 Å². The molecule has 1 saturated carbocycles. The summed E-state index contributed by atoms with van der Waals surface area (Å²) in [4.78, 5) is 78.1. The van der Waals surface area contributed by atoms with Gasteiger partial charge in [0.2, 0.25) is 17.7 Å². The summed E-state index contributed by atoms with van der Waals surface area (Å²) in [5.74, 6) is 0.328. The molecule has 77 heavy (non-hydrogen) atoms. The highest BCUT2D eigenvalue weighted by atomic mass is 35.5. The van der Waals surface area contributed by atoms with Crippen molar-refractivity contribution in [3.05, 3.63) is 94.5 Å². The number of nitriles is 1. The zero-order valence-electron chi connectivity index (χ0n) is 46.4. The number of nitrogens with one attached hydrogen (secondary N) is 4. The number of anilines is 1. The first-order valence-corrected chi connectivity index (χ1v) is 27.6. The summed E-state index contributed by atoms with van der Waals surface area (Å²) in [5, 5.41) is 29.7. The van der Waals surface area contributed by atoms with Gasteiger partial charge in [0.25, 0.3) is 5.91 Å². The molecule has 2 unspecified atom stereocenters. The highest BCUT2D eigenvalue weighted by Gasteiger charge is 2.64. The number of aromatic nitrogens is 3. The van der Waals surface area contributed by atoms with Gasteiger partial charge in [0, 0.05) is 94.5 Å². The smallest absolute Gasteiger partial charge is 0.253 e. The van der Waals surface area contributed by atoms with Crippen LogP contribution in [-0.4, -0.2) is 172 Å². The molecule has 5 N–H and O–H groups in total. The fourth-order valence-electron chi connectivity index (χ4n) is 12.1. The minimum absolute atomic E-state index is 0.0154. The zero-order valence-corrected chi connectivity index (χ0v) is 47.1. The highest BCUT2D eigenvalue weighted by molar-refractivity contribution is 6.31. The third-order valence-electron chi connectivity index (χ3n) is 16.3. The van der Waals surface area contributed by atoms with Crippen molar-refractivity contribution in [2.45, 2.75) is 118 Å². The lowest BCUT2D eigenvalue weighted by molar-refractivity contribution is -0.164. The quantitative estimate of drug-likeness (QED) is 0.0746. The second kappa shape index (κ2) is 23.9. The number of hydrogen-bond donors (Lipinski definition) is 5. The third kappa shape index (κ3) is 13.3. The monoisotopic (exact) mass is 1070 g/mol. The minimum Gasteiger partial charge on any atom is -0.489 e. The summed E-state index contributed by atoms with van der Waals surface area (Å²) in [5.41, 5.74) is 3.24. The number of aliphatic hydroxyl groups is 1. The zero-order chi connectivity index (χ0) is 55.4. The summed E-state index contributed by atoms with van der Waals surface area (Å²) in [6.45, 7) is 26.9. The molecule has 4 atom stereocenters. The molecule has 0 bridgehead atoms. The van der Waals surface area contributed by atoms with Crippen LogP contribution in [0.2, 0.25) is 5.02 Å². The average molecular weight is 1080 g/mol. The van der Waals surface area contributed by atoms with Crippen LogP contribution in [0.1, 0.15) is 108 Å². The van der Waals surface area contributed by atoms with Crippen molar-refractivity contribution in [1.29, 1.82) is 5.26 Å². The Labute approximate surface area is 459 Å². The Balaban J connectivity index is 0.715. The maximum Gasteiger partial charge on any atom is 0.253 e. The van der Waals surface area contributed by atoms with Crippen LogP contribution >= 0.6 is 11.6 Å². The van der Waals surface area contributed by atoms with Crippen LogP contribution in [0.25, 0.3) is 11.3 Å². The molecular weight excluding hydrogens is 996 g/mol. The second-order valence-corrected chi connectivity index (χ2v) is 24.2. The number of carbonyl (C=O) groups is 4. The number of aromatic amines is 1. The molecule has 3 aliphatic heterocycles. The first-order valence-electron chi connectivity index (χ1n) is 27.3.